The van der Waals surface area contributed by atoms with E-state index >= 15 is 0 Å². The lowest BCUT2D eigenvalue weighted by Crippen LogP contribution is -2.58. The van der Waals surface area contributed by atoms with Gasteiger partial charge in [-0.15, -0.1) is 0 Å². The van der Waals surface area contributed by atoms with Crippen molar-refractivity contribution in [1.29, 1.82) is 0 Å². The Morgan fingerprint density at radius 3 is 2.33 bits per heavy atom. The zero-order chi connectivity index (χ0) is 12.0. The van der Waals surface area contributed by atoms with Crippen LogP contribution in [-0.2, 0) is 6.42 Å². The molecule has 0 saturated heterocycles. The number of aromatic amines is 1. The van der Waals surface area contributed by atoms with E-state index in [-0.39, 0.29) is 0 Å². The van der Waals surface area contributed by atoms with Crippen molar-refractivity contribution in [2.24, 2.45) is 17.8 Å². The van der Waals surface area contributed by atoms with E-state index in [9.17, 15) is 0 Å². The first-order valence-electron chi connectivity index (χ1n) is 7.68. The van der Waals surface area contributed by atoms with Crippen LogP contribution in [0.5, 0.6) is 0 Å². The zero-order valence-corrected chi connectivity index (χ0v) is 11.1. The van der Waals surface area contributed by atoms with E-state index in [0.29, 0.717) is 5.54 Å². The van der Waals surface area contributed by atoms with E-state index in [1.807, 2.05) is 6.20 Å². The van der Waals surface area contributed by atoms with E-state index in [4.69, 9.17) is 0 Å². The van der Waals surface area contributed by atoms with Crippen LogP contribution in [0.1, 0.15) is 44.1 Å². The molecule has 0 radical (unpaired) electrons. The predicted molar refractivity (Wildman–Crippen MR) is 73.4 cm³/mol. The highest BCUT2D eigenvalue weighted by Crippen LogP contribution is 2.55. The van der Waals surface area contributed by atoms with E-state index in [1.165, 1.54) is 50.5 Å². The van der Waals surface area contributed by atoms with Gasteiger partial charge in [0.05, 0.1) is 0 Å². The van der Waals surface area contributed by atoms with Gasteiger partial charge in [0.2, 0.25) is 0 Å². The average Bonchev–Trinajstić information content (AvgIpc) is 2.79. The molecule has 98 valence electrons. The van der Waals surface area contributed by atoms with E-state index in [2.05, 4.69) is 22.6 Å². The van der Waals surface area contributed by atoms with Crippen molar-refractivity contribution in [3.63, 3.8) is 0 Å². The number of aromatic nitrogens is 1. The van der Waals surface area contributed by atoms with E-state index in [1.54, 1.807) is 0 Å². The number of hydrogen-bond donors (Lipinski definition) is 2. The molecule has 5 rings (SSSR count). The van der Waals surface area contributed by atoms with Crippen LogP contribution in [0.3, 0.4) is 0 Å². The SMILES string of the molecule is c1cc(CCNC23CC4CC(CC(C4)C2)C3)c[nH]1. The first-order valence-corrected chi connectivity index (χ1v) is 7.68. The summed E-state index contributed by atoms with van der Waals surface area (Å²) in [4.78, 5) is 3.15. The molecule has 1 heterocycles. The van der Waals surface area contributed by atoms with Crippen molar-refractivity contribution in [2.75, 3.05) is 6.54 Å². The van der Waals surface area contributed by atoms with Gasteiger partial charge in [0, 0.05) is 17.9 Å². The predicted octanol–water partition coefficient (Wildman–Crippen LogP) is 3.12. The fourth-order valence-corrected chi connectivity index (χ4v) is 5.31. The molecule has 4 aliphatic carbocycles. The molecule has 0 amide bonds. The van der Waals surface area contributed by atoms with Crippen LogP contribution in [0.2, 0.25) is 0 Å². The summed E-state index contributed by atoms with van der Waals surface area (Å²) in [6.07, 6.45) is 14.3. The highest BCUT2D eigenvalue weighted by atomic mass is 15.0. The monoisotopic (exact) mass is 244 g/mol. The van der Waals surface area contributed by atoms with Gasteiger partial charge in [-0.05, 0) is 80.9 Å². The van der Waals surface area contributed by atoms with Crippen molar-refractivity contribution in [1.82, 2.24) is 10.3 Å². The molecule has 2 N–H and O–H groups in total. The second kappa shape index (κ2) is 4.12. The van der Waals surface area contributed by atoms with E-state index in [0.717, 1.165) is 24.3 Å². The number of nitrogens with one attached hydrogen (secondary N) is 2. The molecule has 4 aliphatic rings. The largest absolute Gasteiger partial charge is 0.367 e. The topological polar surface area (TPSA) is 27.8 Å². The molecule has 4 saturated carbocycles. The van der Waals surface area contributed by atoms with Crippen molar-refractivity contribution >= 4 is 0 Å². The Kier molecular flexibility index (Phi) is 2.54. The average molecular weight is 244 g/mol. The van der Waals surface area contributed by atoms with Crippen molar-refractivity contribution in [3.05, 3.63) is 24.0 Å². The second-order valence-corrected chi connectivity index (χ2v) is 7.09. The van der Waals surface area contributed by atoms with Gasteiger partial charge in [0.15, 0.2) is 0 Å². The van der Waals surface area contributed by atoms with Crippen molar-refractivity contribution in [2.45, 2.75) is 50.5 Å². The zero-order valence-electron chi connectivity index (χ0n) is 11.1. The van der Waals surface area contributed by atoms with Crippen LogP contribution in [0.15, 0.2) is 18.5 Å². The fourth-order valence-electron chi connectivity index (χ4n) is 5.31. The summed E-state index contributed by atoms with van der Waals surface area (Å²) in [5, 5.41) is 3.95. The lowest BCUT2D eigenvalue weighted by Gasteiger charge is -2.57. The molecule has 4 fully saturated rings. The normalized spacial score (nSPS) is 41.4. The molecule has 2 nitrogen and oxygen atoms in total. The minimum absolute atomic E-state index is 0.533. The Bertz CT molecular complexity index is 371. The summed E-state index contributed by atoms with van der Waals surface area (Å²) >= 11 is 0. The van der Waals surface area contributed by atoms with Crippen LogP contribution < -0.4 is 5.32 Å². The summed E-state index contributed by atoms with van der Waals surface area (Å²) in [6.45, 7) is 1.16. The van der Waals surface area contributed by atoms with Gasteiger partial charge in [0.25, 0.3) is 0 Å². The lowest BCUT2D eigenvalue weighted by atomic mass is 9.53. The Balaban J connectivity index is 1.39. The van der Waals surface area contributed by atoms with Gasteiger partial charge >= 0.3 is 0 Å². The molecular formula is C16H24N2. The molecule has 0 aliphatic heterocycles. The summed E-state index contributed by atoms with van der Waals surface area (Å²) in [7, 11) is 0. The minimum atomic E-state index is 0.533. The summed E-state index contributed by atoms with van der Waals surface area (Å²) in [6, 6.07) is 2.20. The van der Waals surface area contributed by atoms with Crippen LogP contribution in [0.4, 0.5) is 0 Å². The van der Waals surface area contributed by atoms with Gasteiger partial charge in [-0.3, -0.25) is 0 Å². The molecule has 0 atom stereocenters. The quantitative estimate of drug-likeness (QED) is 0.837. The number of hydrogen-bond acceptors (Lipinski definition) is 1. The molecule has 2 heteroatoms. The summed E-state index contributed by atoms with van der Waals surface area (Å²) < 4.78 is 0. The Morgan fingerprint density at radius 2 is 1.78 bits per heavy atom. The maximum Gasteiger partial charge on any atom is 0.0189 e. The van der Waals surface area contributed by atoms with Crippen LogP contribution in [0, 0.1) is 17.8 Å². The van der Waals surface area contributed by atoms with Gasteiger partial charge < -0.3 is 10.3 Å². The highest BCUT2D eigenvalue weighted by molar-refractivity contribution is 5.10. The maximum absolute atomic E-state index is 3.95. The minimum Gasteiger partial charge on any atom is -0.367 e. The number of rotatable bonds is 4. The molecule has 0 unspecified atom stereocenters. The molecule has 1 aromatic heterocycles. The third-order valence-corrected chi connectivity index (χ3v) is 5.61. The third-order valence-electron chi connectivity index (χ3n) is 5.61. The molecule has 0 aromatic carbocycles. The Labute approximate surface area is 110 Å². The fraction of sp³-hybridized carbons (Fsp3) is 0.750. The maximum atomic E-state index is 3.95. The standard InChI is InChI=1S/C16H24N2/c1-3-17-11-12(1)2-4-18-16-8-13-5-14(9-16)7-15(6-13)10-16/h1,3,11,13-15,17-18H,2,4-10H2. The van der Waals surface area contributed by atoms with Gasteiger partial charge in [-0.2, -0.15) is 0 Å². The summed E-state index contributed by atoms with van der Waals surface area (Å²) in [5.41, 5.74) is 1.97. The van der Waals surface area contributed by atoms with Crippen LogP contribution in [0.25, 0.3) is 0 Å². The summed E-state index contributed by atoms with van der Waals surface area (Å²) in [5.74, 6) is 3.16. The second-order valence-electron chi connectivity index (χ2n) is 7.09. The third kappa shape index (κ3) is 1.91. The molecule has 1 aromatic rings. The van der Waals surface area contributed by atoms with Gasteiger partial charge in [-0.1, -0.05) is 0 Å². The van der Waals surface area contributed by atoms with Gasteiger partial charge in [0.1, 0.15) is 0 Å². The van der Waals surface area contributed by atoms with Crippen molar-refractivity contribution in [3.8, 4) is 0 Å². The molecular weight excluding hydrogens is 220 g/mol. The number of H-pyrrole nitrogens is 1. The molecule has 18 heavy (non-hydrogen) atoms. The molecule has 4 bridgehead atoms. The first-order chi connectivity index (χ1) is 8.81. The Morgan fingerprint density at radius 1 is 1.11 bits per heavy atom. The Hall–Kier alpha value is -0.760. The van der Waals surface area contributed by atoms with E-state index < -0.39 is 0 Å². The van der Waals surface area contributed by atoms with Gasteiger partial charge in [-0.25, -0.2) is 0 Å². The first kappa shape index (κ1) is 11.1. The molecule has 0 spiro atoms. The lowest BCUT2D eigenvalue weighted by molar-refractivity contribution is -0.0192. The van der Waals surface area contributed by atoms with Crippen LogP contribution in [-0.4, -0.2) is 17.1 Å². The van der Waals surface area contributed by atoms with Crippen molar-refractivity contribution < 1.29 is 0 Å². The highest BCUT2D eigenvalue weighted by Gasteiger charge is 2.50. The van der Waals surface area contributed by atoms with Crippen LogP contribution >= 0.6 is 0 Å². The smallest absolute Gasteiger partial charge is 0.0189 e.